The predicted octanol–water partition coefficient (Wildman–Crippen LogP) is 2.17. The lowest BCUT2D eigenvalue weighted by Gasteiger charge is -2.33. The van der Waals surface area contributed by atoms with Gasteiger partial charge in [0.05, 0.1) is 19.8 Å². The molecule has 23 heavy (non-hydrogen) atoms. The number of benzene rings is 1. The zero-order chi connectivity index (χ0) is 16.5. The number of carbonyl (C=O) groups excluding carboxylic acids is 1. The third-order valence-corrected chi connectivity index (χ3v) is 3.72. The molecule has 6 heteroatoms. The lowest BCUT2D eigenvalue weighted by atomic mass is 10.0. The fourth-order valence-corrected chi connectivity index (χ4v) is 2.56. The van der Waals surface area contributed by atoms with Gasteiger partial charge in [0, 0.05) is 38.3 Å². The van der Waals surface area contributed by atoms with E-state index in [4.69, 9.17) is 14.2 Å². The number of morpholine rings is 1. The molecule has 5 nitrogen and oxygen atoms in total. The van der Waals surface area contributed by atoms with Gasteiger partial charge in [0.15, 0.2) is 0 Å². The van der Waals surface area contributed by atoms with Gasteiger partial charge >= 0.3 is 5.97 Å². The van der Waals surface area contributed by atoms with Gasteiger partial charge in [-0.05, 0) is 13.0 Å². The largest absolute Gasteiger partial charge is 0.464 e. The van der Waals surface area contributed by atoms with Gasteiger partial charge in [0.1, 0.15) is 11.9 Å². The Morgan fingerprint density at radius 1 is 1.30 bits per heavy atom. The zero-order valence-electron chi connectivity index (χ0n) is 13.5. The van der Waals surface area contributed by atoms with E-state index < -0.39 is 17.8 Å². The summed E-state index contributed by atoms with van der Waals surface area (Å²) in [6, 6.07) is 5.62. The average molecular weight is 325 g/mol. The van der Waals surface area contributed by atoms with Crippen molar-refractivity contribution < 1.29 is 23.4 Å². The second kappa shape index (κ2) is 9.60. The van der Waals surface area contributed by atoms with E-state index in [0.29, 0.717) is 51.5 Å². The second-order valence-corrected chi connectivity index (χ2v) is 5.29. The van der Waals surface area contributed by atoms with Crippen molar-refractivity contribution in [1.82, 2.24) is 4.90 Å². The van der Waals surface area contributed by atoms with Gasteiger partial charge < -0.3 is 14.2 Å². The van der Waals surface area contributed by atoms with Gasteiger partial charge in [-0.25, -0.2) is 9.18 Å². The van der Waals surface area contributed by atoms with E-state index in [1.165, 1.54) is 6.07 Å². The number of hydrogen-bond donors (Lipinski definition) is 0. The molecule has 1 aromatic rings. The van der Waals surface area contributed by atoms with Crippen molar-refractivity contribution in [2.75, 3.05) is 46.1 Å². The van der Waals surface area contributed by atoms with Crippen LogP contribution >= 0.6 is 0 Å². The summed E-state index contributed by atoms with van der Waals surface area (Å²) in [6.07, 6.45) is 0.632. The number of hydrogen-bond acceptors (Lipinski definition) is 5. The maximum atomic E-state index is 14.2. The number of carbonyl (C=O) groups is 1. The molecule has 2 rings (SSSR count). The van der Waals surface area contributed by atoms with Crippen LogP contribution in [0.3, 0.4) is 0 Å². The topological polar surface area (TPSA) is 48.0 Å². The number of esters is 1. The Balaban J connectivity index is 2.04. The average Bonchev–Trinajstić information content (AvgIpc) is 2.58. The fourth-order valence-electron chi connectivity index (χ4n) is 2.56. The fraction of sp³-hybridized carbons (Fsp3) is 0.588. The third-order valence-electron chi connectivity index (χ3n) is 3.72. The quantitative estimate of drug-likeness (QED) is 0.541. The van der Waals surface area contributed by atoms with Crippen LogP contribution in [0.1, 0.15) is 24.9 Å². The minimum absolute atomic E-state index is 0.272. The molecule has 128 valence electrons. The summed E-state index contributed by atoms with van der Waals surface area (Å²) >= 11 is 0. The first-order chi connectivity index (χ1) is 11.2. The molecule has 0 aromatic heterocycles. The van der Waals surface area contributed by atoms with Crippen molar-refractivity contribution in [2.24, 2.45) is 0 Å². The van der Waals surface area contributed by atoms with Gasteiger partial charge in [-0.1, -0.05) is 18.2 Å². The summed E-state index contributed by atoms with van der Waals surface area (Å²) in [4.78, 5) is 14.4. The van der Waals surface area contributed by atoms with Gasteiger partial charge in [-0.15, -0.1) is 0 Å². The number of ether oxygens (including phenoxy) is 3. The van der Waals surface area contributed by atoms with Crippen LogP contribution in [-0.4, -0.2) is 57.0 Å². The third kappa shape index (κ3) is 5.27. The van der Waals surface area contributed by atoms with Crippen LogP contribution in [0, 0.1) is 5.82 Å². The SMILES string of the molecule is CCOCCCOC(=O)[C@H](c1ccccc1F)N1CCOCC1. The van der Waals surface area contributed by atoms with Crippen LogP contribution in [0.4, 0.5) is 4.39 Å². The van der Waals surface area contributed by atoms with Crippen LogP contribution in [-0.2, 0) is 19.0 Å². The maximum Gasteiger partial charge on any atom is 0.328 e. The van der Waals surface area contributed by atoms with Crippen molar-refractivity contribution >= 4 is 5.97 Å². The second-order valence-electron chi connectivity index (χ2n) is 5.29. The minimum Gasteiger partial charge on any atom is -0.464 e. The standard InChI is InChI=1S/C17H24FNO4/c1-2-21-10-5-11-23-17(20)16(19-8-12-22-13-9-19)14-6-3-4-7-15(14)18/h3-4,6-7,16H,2,5,8-13H2,1H3/t16-/m0/s1. The Kier molecular flexibility index (Phi) is 7.45. The monoisotopic (exact) mass is 325 g/mol. The van der Waals surface area contributed by atoms with Gasteiger partial charge in [-0.2, -0.15) is 0 Å². The molecular weight excluding hydrogens is 301 g/mol. The van der Waals surface area contributed by atoms with Crippen LogP contribution < -0.4 is 0 Å². The number of halogens is 1. The highest BCUT2D eigenvalue weighted by atomic mass is 19.1. The van der Waals surface area contributed by atoms with Crippen LogP contribution in [0.2, 0.25) is 0 Å². The van der Waals surface area contributed by atoms with E-state index in [9.17, 15) is 9.18 Å². The lowest BCUT2D eigenvalue weighted by Crippen LogP contribution is -2.43. The first-order valence-corrected chi connectivity index (χ1v) is 8.04. The molecule has 0 bridgehead atoms. The minimum atomic E-state index is -0.729. The van der Waals surface area contributed by atoms with Crippen molar-refractivity contribution in [3.63, 3.8) is 0 Å². The molecule has 0 N–H and O–H groups in total. The van der Waals surface area contributed by atoms with Crippen molar-refractivity contribution in [3.05, 3.63) is 35.6 Å². The summed E-state index contributed by atoms with van der Waals surface area (Å²) in [7, 11) is 0. The first-order valence-electron chi connectivity index (χ1n) is 8.04. The Bertz CT molecular complexity index is 491. The summed E-state index contributed by atoms with van der Waals surface area (Å²) in [5.41, 5.74) is 0.351. The van der Waals surface area contributed by atoms with Gasteiger partial charge in [-0.3, -0.25) is 4.90 Å². The van der Waals surface area contributed by atoms with Crippen LogP contribution in [0.5, 0.6) is 0 Å². The van der Waals surface area contributed by atoms with E-state index in [2.05, 4.69) is 0 Å². The Morgan fingerprint density at radius 2 is 2.04 bits per heavy atom. The van der Waals surface area contributed by atoms with E-state index >= 15 is 0 Å². The summed E-state index contributed by atoms with van der Waals surface area (Å²) in [5.74, 6) is -0.816. The number of rotatable bonds is 8. The van der Waals surface area contributed by atoms with Crippen LogP contribution in [0.15, 0.2) is 24.3 Å². The Morgan fingerprint density at radius 3 is 2.74 bits per heavy atom. The molecule has 0 saturated carbocycles. The molecule has 0 unspecified atom stereocenters. The molecule has 1 saturated heterocycles. The number of nitrogens with zero attached hydrogens (tertiary/aromatic N) is 1. The van der Waals surface area contributed by atoms with Crippen LogP contribution in [0.25, 0.3) is 0 Å². The molecule has 1 aliphatic heterocycles. The molecule has 0 radical (unpaired) electrons. The Labute approximate surface area is 136 Å². The molecule has 0 aliphatic carbocycles. The van der Waals surface area contributed by atoms with Crippen molar-refractivity contribution in [2.45, 2.75) is 19.4 Å². The molecule has 1 heterocycles. The highest BCUT2D eigenvalue weighted by Crippen LogP contribution is 2.25. The molecule has 0 spiro atoms. The van der Waals surface area contributed by atoms with E-state index in [0.717, 1.165) is 0 Å². The molecule has 1 aliphatic rings. The zero-order valence-corrected chi connectivity index (χ0v) is 13.5. The van der Waals surface area contributed by atoms with E-state index in [1.54, 1.807) is 18.2 Å². The molecule has 0 amide bonds. The molecular formula is C17H24FNO4. The highest BCUT2D eigenvalue weighted by Gasteiger charge is 2.32. The smallest absolute Gasteiger partial charge is 0.328 e. The van der Waals surface area contributed by atoms with Crippen molar-refractivity contribution in [3.8, 4) is 0 Å². The Hall–Kier alpha value is -1.50. The molecule has 1 aromatic carbocycles. The van der Waals surface area contributed by atoms with E-state index in [-0.39, 0.29) is 6.61 Å². The summed E-state index contributed by atoms with van der Waals surface area (Å²) in [6.45, 7) is 5.59. The van der Waals surface area contributed by atoms with E-state index in [1.807, 2.05) is 11.8 Å². The van der Waals surface area contributed by atoms with Gasteiger partial charge in [0.2, 0.25) is 0 Å². The summed E-state index contributed by atoms with van der Waals surface area (Å²) in [5, 5.41) is 0. The molecule has 1 atom stereocenters. The maximum absolute atomic E-state index is 14.2. The normalized spacial score (nSPS) is 17.0. The predicted molar refractivity (Wildman–Crippen MR) is 83.6 cm³/mol. The highest BCUT2D eigenvalue weighted by molar-refractivity contribution is 5.77. The summed E-state index contributed by atoms with van der Waals surface area (Å²) < 4.78 is 30.0. The first kappa shape index (κ1) is 17.8. The van der Waals surface area contributed by atoms with Crippen molar-refractivity contribution in [1.29, 1.82) is 0 Å². The lowest BCUT2D eigenvalue weighted by molar-refractivity contribution is -0.152. The molecule has 1 fully saturated rings. The van der Waals surface area contributed by atoms with Gasteiger partial charge in [0.25, 0.3) is 0 Å².